The van der Waals surface area contributed by atoms with Crippen LogP contribution in [0.4, 0.5) is 0 Å². The van der Waals surface area contributed by atoms with Crippen LogP contribution in [0.15, 0.2) is 24.4 Å². The van der Waals surface area contributed by atoms with Crippen LogP contribution in [-0.4, -0.2) is 25.3 Å². The van der Waals surface area contributed by atoms with Crippen molar-refractivity contribution in [3.05, 3.63) is 24.4 Å². The monoisotopic (exact) mass is 155 g/mol. The third-order valence-corrected chi connectivity index (χ3v) is 1.31. The van der Waals surface area contributed by atoms with E-state index in [4.69, 9.17) is 4.74 Å². The Kier molecular flexibility index (Phi) is 4.62. The van der Waals surface area contributed by atoms with Gasteiger partial charge in [-0.15, -0.1) is 0 Å². The molecule has 1 unspecified atom stereocenters. The molecule has 0 amide bonds. The fourth-order valence-corrected chi connectivity index (χ4v) is 0.909. The molecule has 2 heteroatoms. The molecule has 0 aromatic carbocycles. The average Bonchev–Trinajstić information content (AvgIpc) is 1.88. The molecule has 0 spiro atoms. The van der Waals surface area contributed by atoms with E-state index in [1.54, 1.807) is 13.2 Å². The summed E-state index contributed by atoms with van der Waals surface area (Å²) in [4.78, 5) is 1.97. The predicted octanol–water partition coefficient (Wildman–Crippen LogP) is 2.00. The molecule has 0 aliphatic carbocycles. The SMILES string of the molecule is C=CC(OC)N(C)C=C(C)C. The average molecular weight is 155 g/mol. The molecule has 0 aliphatic heterocycles. The highest BCUT2D eigenvalue weighted by atomic mass is 16.5. The maximum absolute atomic E-state index is 5.13. The fraction of sp³-hybridized carbons (Fsp3) is 0.556. The van der Waals surface area contributed by atoms with Gasteiger partial charge in [0.1, 0.15) is 6.23 Å². The maximum atomic E-state index is 5.13. The van der Waals surface area contributed by atoms with Crippen molar-refractivity contribution in [3.63, 3.8) is 0 Å². The van der Waals surface area contributed by atoms with Crippen LogP contribution in [0.5, 0.6) is 0 Å². The van der Waals surface area contributed by atoms with Crippen molar-refractivity contribution in [2.24, 2.45) is 0 Å². The van der Waals surface area contributed by atoms with Crippen LogP contribution in [0.2, 0.25) is 0 Å². The number of rotatable bonds is 4. The van der Waals surface area contributed by atoms with Gasteiger partial charge in [-0.05, 0) is 19.9 Å². The highest BCUT2D eigenvalue weighted by molar-refractivity contribution is 4.95. The summed E-state index contributed by atoms with van der Waals surface area (Å²) in [6.45, 7) is 7.76. The number of allylic oxidation sites excluding steroid dienone is 1. The van der Waals surface area contributed by atoms with Gasteiger partial charge in [0.15, 0.2) is 0 Å². The molecule has 0 saturated carbocycles. The van der Waals surface area contributed by atoms with E-state index in [0.29, 0.717) is 0 Å². The second-order valence-corrected chi connectivity index (χ2v) is 2.73. The third-order valence-electron chi connectivity index (χ3n) is 1.31. The lowest BCUT2D eigenvalue weighted by atomic mass is 10.3. The van der Waals surface area contributed by atoms with Crippen molar-refractivity contribution in [2.45, 2.75) is 20.1 Å². The van der Waals surface area contributed by atoms with Crippen LogP contribution in [0, 0.1) is 0 Å². The Hall–Kier alpha value is -0.760. The number of ether oxygens (including phenoxy) is 1. The van der Waals surface area contributed by atoms with Gasteiger partial charge in [0.25, 0.3) is 0 Å². The highest BCUT2D eigenvalue weighted by Crippen LogP contribution is 2.01. The Balaban J connectivity index is 4.09. The van der Waals surface area contributed by atoms with Crippen LogP contribution >= 0.6 is 0 Å². The lowest BCUT2D eigenvalue weighted by Gasteiger charge is -2.22. The Morgan fingerprint density at radius 2 is 2.09 bits per heavy atom. The van der Waals surface area contributed by atoms with Gasteiger partial charge in [-0.3, -0.25) is 0 Å². The first-order valence-corrected chi connectivity index (χ1v) is 3.64. The van der Waals surface area contributed by atoms with Crippen molar-refractivity contribution in [2.75, 3.05) is 14.2 Å². The Bertz CT molecular complexity index is 148. The summed E-state index contributed by atoms with van der Waals surface area (Å²) in [6.07, 6.45) is 3.76. The molecule has 0 heterocycles. The lowest BCUT2D eigenvalue weighted by Crippen LogP contribution is -2.26. The van der Waals surface area contributed by atoms with E-state index in [-0.39, 0.29) is 6.23 Å². The molecule has 0 aromatic heterocycles. The third kappa shape index (κ3) is 3.83. The van der Waals surface area contributed by atoms with Crippen molar-refractivity contribution < 1.29 is 4.74 Å². The maximum Gasteiger partial charge on any atom is 0.148 e. The van der Waals surface area contributed by atoms with Crippen LogP contribution in [0.25, 0.3) is 0 Å². The van der Waals surface area contributed by atoms with Gasteiger partial charge in [0, 0.05) is 20.4 Å². The Morgan fingerprint density at radius 1 is 1.55 bits per heavy atom. The van der Waals surface area contributed by atoms with Gasteiger partial charge in [0.05, 0.1) is 0 Å². The van der Waals surface area contributed by atoms with Crippen molar-refractivity contribution in [1.29, 1.82) is 0 Å². The minimum Gasteiger partial charge on any atom is -0.358 e. The molecule has 0 radical (unpaired) electrons. The predicted molar refractivity (Wildman–Crippen MR) is 48.2 cm³/mol. The van der Waals surface area contributed by atoms with Crippen molar-refractivity contribution in [3.8, 4) is 0 Å². The van der Waals surface area contributed by atoms with E-state index < -0.39 is 0 Å². The number of methoxy groups -OCH3 is 1. The van der Waals surface area contributed by atoms with Crippen LogP contribution in [0.3, 0.4) is 0 Å². The number of nitrogens with zero attached hydrogens (tertiary/aromatic N) is 1. The van der Waals surface area contributed by atoms with E-state index in [0.717, 1.165) is 0 Å². The summed E-state index contributed by atoms with van der Waals surface area (Å²) >= 11 is 0. The summed E-state index contributed by atoms with van der Waals surface area (Å²) < 4.78 is 5.13. The molecule has 0 N–H and O–H groups in total. The molecule has 11 heavy (non-hydrogen) atoms. The zero-order valence-corrected chi connectivity index (χ0v) is 7.79. The molecule has 64 valence electrons. The molecular formula is C9H17NO. The Morgan fingerprint density at radius 3 is 2.36 bits per heavy atom. The molecule has 0 fully saturated rings. The molecule has 1 atom stereocenters. The second kappa shape index (κ2) is 4.97. The van der Waals surface area contributed by atoms with Gasteiger partial charge in [0.2, 0.25) is 0 Å². The summed E-state index contributed by atoms with van der Waals surface area (Å²) in [6, 6.07) is 0. The minimum atomic E-state index is -0.0232. The first-order chi connectivity index (χ1) is 5.11. The normalized spacial score (nSPS) is 12.0. The van der Waals surface area contributed by atoms with Crippen LogP contribution in [-0.2, 0) is 4.74 Å². The van der Waals surface area contributed by atoms with E-state index >= 15 is 0 Å². The number of hydrogen-bond acceptors (Lipinski definition) is 2. The number of hydrogen-bond donors (Lipinski definition) is 0. The molecule has 2 nitrogen and oxygen atoms in total. The van der Waals surface area contributed by atoms with Crippen molar-refractivity contribution >= 4 is 0 Å². The minimum absolute atomic E-state index is 0.0232. The summed E-state index contributed by atoms with van der Waals surface area (Å²) in [5.41, 5.74) is 1.25. The van der Waals surface area contributed by atoms with Gasteiger partial charge >= 0.3 is 0 Å². The Labute approximate surface area is 69.2 Å². The summed E-state index contributed by atoms with van der Waals surface area (Å²) in [5, 5.41) is 0. The quantitative estimate of drug-likeness (QED) is 0.455. The molecule has 0 saturated heterocycles. The fourth-order valence-electron chi connectivity index (χ4n) is 0.909. The van der Waals surface area contributed by atoms with Crippen molar-refractivity contribution in [1.82, 2.24) is 4.90 Å². The topological polar surface area (TPSA) is 12.5 Å². The van der Waals surface area contributed by atoms with Gasteiger partial charge in [-0.1, -0.05) is 12.2 Å². The molecule has 0 rings (SSSR count). The summed E-state index contributed by atoms with van der Waals surface area (Å²) in [5.74, 6) is 0. The second-order valence-electron chi connectivity index (χ2n) is 2.73. The first kappa shape index (κ1) is 10.2. The van der Waals surface area contributed by atoms with Crippen LogP contribution in [0.1, 0.15) is 13.8 Å². The van der Waals surface area contributed by atoms with E-state index in [9.17, 15) is 0 Å². The zero-order valence-electron chi connectivity index (χ0n) is 7.79. The lowest BCUT2D eigenvalue weighted by molar-refractivity contribution is 0.0461. The number of likely N-dealkylation sites (N-methyl/N-ethyl adjacent to an activating group) is 1. The first-order valence-electron chi connectivity index (χ1n) is 3.64. The standard InChI is InChI=1S/C9H17NO/c1-6-9(11-5)10(4)7-8(2)3/h6-7,9H,1H2,2-5H3. The molecule has 0 aliphatic rings. The van der Waals surface area contributed by atoms with E-state index in [1.165, 1.54) is 5.57 Å². The largest absolute Gasteiger partial charge is 0.358 e. The van der Waals surface area contributed by atoms with Gasteiger partial charge in [-0.25, -0.2) is 0 Å². The molecule has 0 bridgehead atoms. The zero-order chi connectivity index (χ0) is 8.85. The van der Waals surface area contributed by atoms with Gasteiger partial charge < -0.3 is 9.64 Å². The smallest absolute Gasteiger partial charge is 0.148 e. The summed E-state index contributed by atoms with van der Waals surface area (Å²) in [7, 11) is 3.63. The highest BCUT2D eigenvalue weighted by Gasteiger charge is 2.03. The van der Waals surface area contributed by atoms with Crippen LogP contribution < -0.4 is 0 Å². The molecule has 0 aromatic rings. The van der Waals surface area contributed by atoms with Gasteiger partial charge in [-0.2, -0.15) is 0 Å². The van der Waals surface area contributed by atoms with E-state index in [1.807, 2.05) is 32.0 Å². The molecular weight excluding hydrogens is 138 g/mol. The van der Waals surface area contributed by atoms with E-state index in [2.05, 4.69) is 6.58 Å².